The molecule has 1 N–H and O–H groups in total. The fraction of sp³-hybridized carbons (Fsp3) is 0.118. The largest absolute Gasteiger partial charge is 0.416 e. The zero-order chi connectivity index (χ0) is 35.5. The number of benzene rings is 3. The summed E-state index contributed by atoms with van der Waals surface area (Å²) in [4.78, 5) is 47.3. The minimum atomic E-state index is -4.79. The number of rotatable bonds is 8. The topological polar surface area (TPSA) is 164 Å². The van der Waals surface area contributed by atoms with E-state index in [0.29, 0.717) is 6.07 Å². The van der Waals surface area contributed by atoms with Gasteiger partial charge < -0.3 is 4.90 Å². The highest BCUT2D eigenvalue weighted by Gasteiger charge is 2.44. The first kappa shape index (κ1) is 34.0. The number of allylic oxidation sites excluding steroid dienone is 1. The number of Topliss-reactive ketones (excluding diaryl/α,β-unsaturated/α-hetero) is 1. The summed E-state index contributed by atoms with van der Waals surface area (Å²) in [5.74, 6) is -1.90. The fourth-order valence-corrected chi connectivity index (χ4v) is 6.25. The lowest BCUT2D eigenvalue weighted by Gasteiger charge is -2.43. The second-order valence-corrected chi connectivity index (χ2v) is 12.3. The lowest BCUT2D eigenvalue weighted by Crippen LogP contribution is -2.54. The number of aromatic nitrogens is 1. The molecule has 0 aliphatic carbocycles. The summed E-state index contributed by atoms with van der Waals surface area (Å²) in [5, 5.41) is 18.4. The predicted octanol–water partition coefficient (Wildman–Crippen LogP) is 5.49. The highest BCUT2D eigenvalue weighted by atomic mass is 32.2. The number of nitriles is 2. The van der Waals surface area contributed by atoms with E-state index in [1.54, 1.807) is 0 Å². The molecular weight excluding hydrogens is 661 g/mol. The van der Waals surface area contributed by atoms with Gasteiger partial charge >= 0.3 is 12.2 Å². The van der Waals surface area contributed by atoms with Crippen LogP contribution in [0.15, 0.2) is 113 Å². The van der Waals surface area contributed by atoms with Crippen LogP contribution in [0.1, 0.15) is 45.6 Å². The van der Waals surface area contributed by atoms with Crippen molar-refractivity contribution in [1.82, 2.24) is 14.6 Å². The minimum absolute atomic E-state index is 0.0571. The highest BCUT2D eigenvalue weighted by molar-refractivity contribution is 7.90. The molecule has 0 fully saturated rings. The van der Waals surface area contributed by atoms with Gasteiger partial charge in [-0.1, -0.05) is 18.2 Å². The summed E-state index contributed by atoms with van der Waals surface area (Å²) in [6.45, 7) is 0.386. The number of carbonyl (C=O) groups excluding carboxylic acids is 3. The Morgan fingerprint density at radius 3 is 2.14 bits per heavy atom. The molecule has 0 radical (unpaired) electrons. The first-order valence-corrected chi connectivity index (χ1v) is 15.7. The molecule has 0 spiro atoms. The molecule has 4 aromatic rings. The van der Waals surface area contributed by atoms with Crippen molar-refractivity contribution in [2.75, 3.05) is 11.4 Å². The number of amides is 3. The number of hydrogen-bond donors (Lipinski definition) is 1. The van der Waals surface area contributed by atoms with E-state index in [1.165, 1.54) is 73.9 Å². The molecule has 0 saturated heterocycles. The number of halogens is 3. The number of nitrogens with zero attached hydrogens (tertiary/aromatic N) is 5. The molecule has 1 aliphatic heterocycles. The average Bonchev–Trinajstić information content (AvgIpc) is 3.09. The average molecular weight is 685 g/mol. The van der Waals surface area contributed by atoms with E-state index in [-0.39, 0.29) is 44.1 Å². The SMILES string of the molecule is CC1=C(C(=O)c2cccnc2)C(c2ccc(C#N)cc2)N(CC(=O)NS(=O)(=O)c2ccc(C#N)cc2)C(=O)N1c1cccc(C(F)(F)F)c1. The second kappa shape index (κ2) is 13.4. The van der Waals surface area contributed by atoms with Crippen molar-refractivity contribution in [3.8, 4) is 12.1 Å². The quantitative estimate of drug-likeness (QED) is 0.238. The van der Waals surface area contributed by atoms with Gasteiger partial charge in [0.05, 0.1) is 45.5 Å². The Morgan fingerprint density at radius 2 is 1.57 bits per heavy atom. The van der Waals surface area contributed by atoms with Crippen LogP contribution in [-0.4, -0.2) is 42.6 Å². The third kappa shape index (κ3) is 7.02. The molecule has 1 atom stereocenters. The lowest BCUT2D eigenvalue weighted by molar-refractivity contribution is -0.137. The van der Waals surface area contributed by atoms with Crippen molar-refractivity contribution in [3.05, 3.63) is 136 Å². The molecule has 2 heterocycles. The first-order valence-electron chi connectivity index (χ1n) is 14.2. The number of carbonyl (C=O) groups is 3. The molecule has 15 heteroatoms. The van der Waals surface area contributed by atoms with E-state index >= 15 is 0 Å². The fourth-order valence-electron chi connectivity index (χ4n) is 5.27. The maximum absolute atomic E-state index is 14.4. The van der Waals surface area contributed by atoms with E-state index < -0.39 is 52.1 Å². The minimum Gasteiger partial charge on any atom is -0.303 e. The van der Waals surface area contributed by atoms with Crippen molar-refractivity contribution in [3.63, 3.8) is 0 Å². The highest BCUT2D eigenvalue weighted by Crippen LogP contribution is 2.42. The molecule has 3 amide bonds. The zero-order valence-electron chi connectivity index (χ0n) is 25.3. The van der Waals surface area contributed by atoms with Gasteiger partial charge in [-0.25, -0.2) is 17.9 Å². The zero-order valence-corrected chi connectivity index (χ0v) is 26.2. The molecule has 1 aromatic heterocycles. The normalized spacial score (nSPS) is 15.0. The molecule has 0 saturated carbocycles. The van der Waals surface area contributed by atoms with Crippen molar-refractivity contribution in [2.24, 2.45) is 0 Å². The number of urea groups is 1. The van der Waals surface area contributed by atoms with Crippen LogP contribution in [0, 0.1) is 22.7 Å². The van der Waals surface area contributed by atoms with Crippen molar-refractivity contribution >= 4 is 33.4 Å². The first-order chi connectivity index (χ1) is 23.2. The van der Waals surface area contributed by atoms with Gasteiger partial charge in [0.15, 0.2) is 5.78 Å². The molecule has 0 bridgehead atoms. The monoisotopic (exact) mass is 684 g/mol. The second-order valence-electron chi connectivity index (χ2n) is 10.7. The maximum Gasteiger partial charge on any atom is 0.416 e. The molecule has 5 rings (SSSR count). The summed E-state index contributed by atoms with van der Waals surface area (Å²) in [6, 6.07) is 18.5. The van der Waals surface area contributed by atoms with Crippen LogP contribution < -0.4 is 9.62 Å². The van der Waals surface area contributed by atoms with Gasteiger partial charge in [0.25, 0.3) is 15.9 Å². The van der Waals surface area contributed by atoms with Crippen LogP contribution in [0.3, 0.4) is 0 Å². The van der Waals surface area contributed by atoms with Crippen LogP contribution in [0.25, 0.3) is 0 Å². The maximum atomic E-state index is 14.4. The number of hydrogen-bond acceptors (Lipinski definition) is 8. The molecular formula is C34H23F3N6O5S. The van der Waals surface area contributed by atoms with Gasteiger partial charge in [0, 0.05) is 29.2 Å². The van der Waals surface area contributed by atoms with Crippen molar-refractivity contribution < 1.29 is 36.0 Å². The summed E-state index contributed by atoms with van der Waals surface area (Å²) < 4.78 is 69.3. The smallest absolute Gasteiger partial charge is 0.303 e. The molecule has 3 aromatic carbocycles. The van der Waals surface area contributed by atoms with E-state index in [0.717, 1.165) is 34.1 Å². The summed E-state index contributed by atoms with van der Waals surface area (Å²) in [5.41, 5.74) is -0.855. The van der Waals surface area contributed by atoms with Crippen LogP contribution in [0.2, 0.25) is 0 Å². The van der Waals surface area contributed by atoms with Gasteiger partial charge in [-0.3, -0.25) is 19.5 Å². The number of anilines is 1. The Morgan fingerprint density at radius 1 is 0.939 bits per heavy atom. The molecule has 49 heavy (non-hydrogen) atoms. The Balaban J connectivity index is 1.67. The number of sulfonamides is 1. The van der Waals surface area contributed by atoms with E-state index in [1.807, 2.05) is 16.9 Å². The van der Waals surface area contributed by atoms with Crippen LogP contribution >= 0.6 is 0 Å². The third-order valence-corrected chi connectivity index (χ3v) is 8.95. The Labute approximate surface area is 278 Å². The third-order valence-electron chi connectivity index (χ3n) is 7.56. The van der Waals surface area contributed by atoms with Gasteiger partial charge in [-0.15, -0.1) is 0 Å². The van der Waals surface area contributed by atoms with Gasteiger partial charge in [0.1, 0.15) is 6.54 Å². The number of nitrogens with one attached hydrogen (secondary N) is 1. The van der Waals surface area contributed by atoms with E-state index in [9.17, 15) is 41.2 Å². The lowest BCUT2D eigenvalue weighted by atomic mass is 9.87. The van der Waals surface area contributed by atoms with E-state index in [2.05, 4.69) is 4.98 Å². The number of ketones is 1. The number of pyridine rings is 1. The predicted molar refractivity (Wildman–Crippen MR) is 168 cm³/mol. The van der Waals surface area contributed by atoms with Gasteiger partial charge in [-0.2, -0.15) is 23.7 Å². The number of alkyl halides is 3. The Kier molecular flexibility index (Phi) is 9.32. The summed E-state index contributed by atoms with van der Waals surface area (Å²) >= 11 is 0. The molecule has 11 nitrogen and oxygen atoms in total. The Hall–Kier alpha value is -6.32. The van der Waals surface area contributed by atoms with Gasteiger partial charge in [-0.05, 0) is 79.2 Å². The van der Waals surface area contributed by atoms with Crippen LogP contribution in [0.4, 0.5) is 23.7 Å². The molecule has 1 aliphatic rings. The summed E-state index contributed by atoms with van der Waals surface area (Å²) in [6.07, 6.45) is -2.11. The Bertz CT molecular complexity index is 2170. The van der Waals surface area contributed by atoms with Crippen LogP contribution in [-0.2, 0) is 21.0 Å². The molecule has 246 valence electrons. The summed E-state index contributed by atoms with van der Waals surface area (Å²) in [7, 11) is -4.52. The standard InChI is InChI=1S/C34H23F3N6O5S/c1-21-30(32(45)25-4-3-15-40-19-25)31(24-11-7-22(17-38)8-12-24)42(33(46)43(21)27-6-2-5-26(16-27)34(35,36)37)20-29(44)41-49(47,48)28-13-9-23(18-39)10-14-28/h2-16,19,31H,20H2,1H3,(H,41,44). The van der Waals surface area contributed by atoms with Gasteiger partial charge in [0.2, 0.25) is 0 Å². The van der Waals surface area contributed by atoms with Crippen molar-refractivity contribution in [2.45, 2.75) is 24.0 Å². The van der Waals surface area contributed by atoms with E-state index in [4.69, 9.17) is 5.26 Å². The van der Waals surface area contributed by atoms with Crippen molar-refractivity contribution in [1.29, 1.82) is 10.5 Å². The molecule has 1 unspecified atom stereocenters. The van der Waals surface area contributed by atoms with Crippen LogP contribution in [0.5, 0.6) is 0 Å².